The van der Waals surface area contributed by atoms with Crippen molar-refractivity contribution in [3.63, 3.8) is 0 Å². The minimum absolute atomic E-state index is 0.000442. The van der Waals surface area contributed by atoms with Gasteiger partial charge in [-0.25, -0.2) is 8.42 Å². The molecular weight excluding hydrogens is 430 g/mol. The Kier molecular flexibility index (Phi) is 6.77. The van der Waals surface area contributed by atoms with E-state index in [1.807, 2.05) is 13.8 Å². The van der Waals surface area contributed by atoms with E-state index in [4.69, 9.17) is 16.3 Å². The summed E-state index contributed by atoms with van der Waals surface area (Å²) in [5.74, 6) is -1.17. The van der Waals surface area contributed by atoms with Crippen LogP contribution in [0.3, 0.4) is 0 Å². The largest absolute Gasteiger partial charge is 0.373 e. The normalized spacial score (nSPS) is 19.8. The van der Waals surface area contributed by atoms with Crippen LogP contribution in [0.2, 0.25) is 5.02 Å². The van der Waals surface area contributed by atoms with Gasteiger partial charge in [0.1, 0.15) is 0 Å². The fourth-order valence-electron chi connectivity index (χ4n) is 3.13. The summed E-state index contributed by atoms with van der Waals surface area (Å²) in [5, 5.41) is 0.484. The SMILES string of the molecule is C[C@@H]1CN(S(=O)(=O)c2cccc(C(=O)NNC(=O)c3ccc(Cl)cc3)c2)C[C@H](C)O1. The lowest BCUT2D eigenvalue weighted by Crippen LogP contribution is -2.48. The topological polar surface area (TPSA) is 105 Å². The predicted molar refractivity (Wildman–Crippen MR) is 112 cm³/mol. The summed E-state index contributed by atoms with van der Waals surface area (Å²) in [7, 11) is -3.79. The van der Waals surface area contributed by atoms with Crippen molar-refractivity contribution in [1.29, 1.82) is 0 Å². The maximum absolute atomic E-state index is 13.0. The third kappa shape index (κ3) is 5.17. The lowest BCUT2D eigenvalue weighted by atomic mass is 10.2. The molecule has 1 fully saturated rings. The zero-order valence-electron chi connectivity index (χ0n) is 16.5. The number of rotatable bonds is 4. The fraction of sp³-hybridized carbons (Fsp3) is 0.300. The fourth-order valence-corrected chi connectivity index (χ4v) is 4.90. The van der Waals surface area contributed by atoms with Crippen LogP contribution in [-0.4, -0.2) is 49.8 Å². The highest BCUT2D eigenvalue weighted by molar-refractivity contribution is 7.89. The molecule has 0 unspecified atom stereocenters. The number of nitrogens with one attached hydrogen (secondary N) is 2. The quantitative estimate of drug-likeness (QED) is 0.693. The van der Waals surface area contributed by atoms with E-state index in [0.29, 0.717) is 10.6 Å². The molecule has 0 aromatic heterocycles. The van der Waals surface area contributed by atoms with Crippen LogP contribution in [0.5, 0.6) is 0 Å². The Bertz CT molecular complexity index is 1030. The number of halogens is 1. The van der Waals surface area contributed by atoms with Gasteiger partial charge < -0.3 is 4.74 Å². The number of benzene rings is 2. The van der Waals surface area contributed by atoms with Gasteiger partial charge in [-0.05, 0) is 56.3 Å². The van der Waals surface area contributed by atoms with Crippen LogP contribution in [0, 0.1) is 0 Å². The monoisotopic (exact) mass is 451 g/mol. The van der Waals surface area contributed by atoms with Gasteiger partial charge >= 0.3 is 0 Å². The molecule has 30 heavy (non-hydrogen) atoms. The molecule has 160 valence electrons. The number of hydrogen-bond donors (Lipinski definition) is 2. The first-order chi connectivity index (χ1) is 14.2. The summed E-state index contributed by atoms with van der Waals surface area (Å²) in [4.78, 5) is 24.5. The third-order valence-corrected chi connectivity index (χ3v) is 6.60. The molecule has 3 rings (SSSR count). The molecule has 2 aromatic rings. The highest BCUT2D eigenvalue weighted by Crippen LogP contribution is 2.22. The summed E-state index contributed by atoms with van der Waals surface area (Å²) in [5.41, 5.74) is 4.99. The van der Waals surface area contributed by atoms with E-state index in [2.05, 4.69) is 10.9 Å². The van der Waals surface area contributed by atoms with Gasteiger partial charge in [0.25, 0.3) is 11.8 Å². The number of morpholine rings is 1. The minimum atomic E-state index is -3.79. The van der Waals surface area contributed by atoms with Crippen LogP contribution in [0.15, 0.2) is 53.4 Å². The molecule has 10 heteroatoms. The van der Waals surface area contributed by atoms with E-state index in [0.717, 1.165) is 0 Å². The summed E-state index contributed by atoms with van der Waals surface area (Å²) in [6.45, 7) is 4.09. The van der Waals surface area contributed by atoms with Crippen LogP contribution in [0.1, 0.15) is 34.6 Å². The second-order valence-corrected chi connectivity index (χ2v) is 9.40. The first-order valence-corrected chi connectivity index (χ1v) is 11.1. The second kappa shape index (κ2) is 9.13. The molecule has 1 saturated heterocycles. The Morgan fingerprint density at radius 2 is 1.53 bits per heavy atom. The van der Waals surface area contributed by atoms with Crippen molar-refractivity contribution in [3.8, 4) is 0 Å². The van der Waals surface area contributed by atoms with Crippen LogP contribution in [0.4, 0.5) is 0 Å². The number of amides is 2. The van der Waals surface area contributed by atoms with Gasteiger partial charge in [-0.15, -0.1) is 0 Å². The zero-order valence-corrected chi connectivity index (χ0v) is 18.0. The highest BCUT2D eigenvalue weighted by Gasteiger charge is 2.32. The van der Waals surface area contributed by atoms with Crippen molar-refractivity contribution in [2.75, 3.05) is 13.1 Å². The minimum Gasteiger partial charge on any atom is -0.373 e. The Morgan fingerprint density at radius 3 is 2.13 bits per heavy atom. The van der Waals surface area contributed by atoms with E-state index in [1.54, 1.807) is 12.1 Å². The number of carbonyl (C=O) groups is 2. The molecule has 2 N–H and O–H groups in total. The van der Waals surface area contributed by atoms with Crippen LogP contribution < -0.4 is 10.9 Å². The van der Waals surface area contributed by atoms with E-state index >= 15 is 0 Å². The van der Waals surface area contributed by atoms with E-state index in [1.165, 1.54) is 40.7 Å². The number of ether oxygens (including phenoxy) is 1. The summed E-state index contributed by atoms with van der Waals surface area (Å²) in [6.07, 6.45) is -0.448. The third-order valence-electron chi connectivity index (χ3n) is 4.52. The van der Waals surface area contributed by atoms with Crippen LogP contribution >= 0.6 is 11.6 Å². The summed E-state index contributed by atoms with van der Waals surface area (Å²) >= 11 is 5.79. The smallest absolute Gasteiger partial charge is 0.269 e. The number of hydrazine groups is 1. The molecule has 0 radical (unpaired) electrons. The molecule has 0 saturated carbocycles. The molecule has 0 aliphatic carbocycles. The molecule has 2 aromatic carbocycles. The zero-order chi connectivity index (χ0) is 21.9. The second-order valence-electron chi connectivity index (χ2n) is 7.02. The first kappa shape index (κ1) is 22.2. The lowest BCUT2D eigenvalue weighted by Gasteiger charge is -2.34. The van der Waals surface area contributed by atoms with Crippen LogP contribution in [-0.2, 0) is 14.8 Å². The standard InChI is InChI=1S/C20H22ClN3O5S/c1-13-11-24(12-14(2)29-13)30(27,28)18-5-3-4-16(10-18)20(26)23-22-19(25)15-6-8-17(21)9-7-15/h3-10,13-14H,11-12H2,1-2H3,(H,22,25)(H,23,26)/t13-,14+. The Hall–Kier alpha value is -2.46. The number of nitrogens with zero attached hydrogens (tertiary/aromatic N) is 1. The van der Waals surface area contributed by atoms with Crippen molar-refractivity contribution in [1.82, 2.24) is 15.2 Å². The van der Waals surface area contributed by atoms with Crippen molar-refractivity contribution >= 4 is 33.4 Å². The number of sulfonamides is 1. The van der Waals surface area contributed by atoms with Gasteiger partial charge in [0.2, 0.25) is 10.0 Å². The highest BCUT2D eigenvalue weighted by atomic mass is 35.5. The predicted octanol–water partition coefficient (Wildman–Crippen LogP) is 2.21. The van der Waals surface area contributed by atoms with Crippen molar-refractivity contribution in [3.05, 3.63) is 64.7 Å². The Balaban J connectivity index is 1.70. The first-order valence-electron chi connectivity index (χ1n) is 9.29. The Labute approximate surface area is 180 Å². The summed E-state index contributed by atoms with van der Waals surface area (Å²) < 4.78 is 32.9. The van der Waals surface area contributed by atoms with Gasteiger partial charge in [0.15, 0.2) is 0 Å². The molecule has 1 heterocycles. The summed E-state index contributed by atoms with van der Waals surface area (Å²) in [6, 6.07) is 11.8. The molecular formula is C20H22ClN3O5S. The Morgan fingerprint density at radius 1 is 0.967 bits per heavy atom. The van der Waals surface area contributed by atoms with Crippen molar-refractivity contribution < 1.29 is 22.7 Å². The number of hydrogen-bond acceptors (Lipinski definition) is 5. The molecule has 2 atom stereocenters. The van der Waals surface area contributed by atoms with Crippen LogP contribution in [0.25, 0.3) is 0 Å². The molecule has 1 aliphatic rings. The molecule has 8 nitrogen and oxygen atoms in total. The average molecular weight is 452 g/mol. The van der Waals surface area contributed by atoms with E-state index in [-0.39, 0.29) is 35.8 Å². The maximum Gasteiger partial charge on any atom is 0.269 e. The van der Waals surface area contributed by atoms with E-state index < -0.39 is 21.8 Å². The van der Waals surface area contributed by atoms with Gasteiger partial charge in [0, 0.05) is 29.2 Å². The molecule has 0 bridgehead atoms. The molecule has 2 amide bonds. The van der Waals surface area contributed by atoms with E-state index in [9.17, 15) is 18.0 Å². The maximum atomic E-state index is 13.0. The van der Waals surface area contributed by atoms with Gasteiger partial charge in [-0.1, -0.05) is 17.7 Å². The van der Waals surface area contributed by atoms with Gasteiger partial charge in [-0.3, -0.25) is 20.4 Å². The van der Waals surface area contributed by atoms with Gasteiger partial charge in [0.05, 0.1) is 17.1 Å². The average Bonchev–Trinajstić information content (AvgIpc) is 2.71. The van der Waals surface area contributed by atoms with Gasteiger partial charge in [-0.2, -0.15) is 4.31 Å². The van der Waals surface area contributed by atoms with Crippen molar-refractivity contribution in [2.24, 2.45) is 0 Å². The van der Waals surface area contributed by atoms with Crippen molar-refractivity contribution in [2.45, 2.75) is 31.0 Å². The number of carbonyl (C=O) groups excluding carboxylic acids is 2. The molecule has 0 spiro atoms. The molecule has 1 aliphatic heterocycles. The lowest BCUT2D eigenvalue weighted by molar-refractivity contribution is -0.0440.